The normalized spacial score (nSPS) is 10.7. The van der Waals surface area contributed by atoms with Crippen LogP contribution in [0.25, 0.3) is 16.8 Å². The Morgan fingerprint density at radius 3 is 2.70 bits per heavy atom. The number of nitrogens with one attached hydrogen (secondary N) is 1. The number of pyridine rings is 1. The van der Waals surface area contributed by atoms with E-state index in [4.69, 9.17) is 0 Å². The first-order chi connectivity index (χ1) is 13.2. The lowest BCUT2D eigenvalue weighted by atomic mass is 10.0. The van der Waals surface area contributed by atoms with Crippen LogP contribution in [-0.4, -0.2) is 15.5 Å². The summed E-state index contributed by atoms with van der Waals surface area (Å²) in [4.78, 5) is 17.9. The number of carbonyl (C=O) groups excluding carboxylic acids is 1. The fourth-order valence-corrected chi connectivity index (χ4v) is 4.01. The van der Waals surface area contributed by atoms with Gasteiger partial charge in [0.05, 0.1) is 17.9 Å². The van der Waals surface area contributed by atoms with E-state index in [1.165, 1.54) is 16.9 Å². The number of benzene rings is 1. The molecule has 4 nitrogen and oxygen atoms in total. The molecule has 27 heavy (non-hydrogen) atoms. The number of aryl methyl sites for hydroxylation is 1. The summed E-state index contributed by atoms with van der Waals surface area (Å²) in [5.74, 6) is -0.0896. The van der Waals surface area contributed by atoms with Crippen molar-refractivity contribution in [2.75, 3.05) is 0 Å². The number of rotatable bonds is 5. The first-order valence-corrected chi connectivity index (χ1v) is 9.60. The summed E-state index contributed by atoms with van der Waals surface area (Å²) in [6, 6.07) is 18.0. The summed E-state index contributed by atoms with van der Waals surface area (Å²) in [5.41, 5.74) is 5.11. The predicted octanol–water partition coefficient (Wildman–Crippen LogP) is 4.84. The van der Waals surface area contributed by atoms with Crippen LogP contribution < -0.4 is 5.32 Å². The van der Waals surface area contributed by atoms with E-state index in [0.29, 0.717) is 11.4 Å². The molecule has 0 spiro atoms. The van der Waals surface area contributed by atoms with E-state index in [1.54, 1.807) is 6.20 Å². The van der Waals surface area contributed by atoms with Gasteiger partial charge >= 0.3 is 0 Å². The topological polar surface area (TPSA) is 46.9 Å². The monoisotopic (exact) mass is 373 g/mol. The number of amides is 1. The molecule has 0 atom stereocenters. The van der Waals surface area contributed by atoms with Gasteiger partial charge < -0.3 is 9.88 Å². The number of hydrogen-bond donors (Lipinski definition) is 1. The Morgan fingerprint density at radius 1 is 1.11 bits per heavy atom. The molecule has 3 aromatic heterocycles. The Kier molecular flexibility index (Phi) is 4.85. The van der Waals surface area contributed by atoms with E-state index in [-0.39, 0.29) is 5.91 Å². The van der Waals surface area contributed by atoms with Gasteiger partial charge in [0, 0.05) is 29.5 Å². The predicted molar refractivity (Wildman–Crippen MR) is 109 cm³/mol. The van der Waals surface area contributed by atoms with Gasteiger partial charge in [-0.25, -0.2) is 0 Å². The van der Waals surface area contributed by atoms with Gasteiger partial charge in [0.15, 0.2) is 0 Å². The van der Waals surface area contributed by atoms with E-state index in [2.05, 4.69) is 40.8 Å². The van der Waals surface area contributed by atoms with Crippen LogP contribution in [0.3, 0.4) is 0 Å². The second-order valence-electron chi connectivity index (χ2n) is 6.29. The van der Waals surface area contributed by atoms with E-state index >= 15 is 0 Å². The highest BCUT2D eigenvalue weighted by Crippen LogP contribution is 2.35. The zero-order chi connectivity index (χ0) is 18.6. The van der Waals surface area contributed by atoms with Crippen LogP contribution in [0, 0.1) is 6.92 Å². The molecule has 0 aliphatic carbocycles. The maximum Gasteiger partial charge on any atom is 0.263 e. The van der Waals surface area contributed by atoms with Gasteiger partial charge in [-0.2, -0.15) is 0 Å². The Bertz CT molecular complexity index is 1050. The highest BCUT2D eigenvalue weighted by Gasteiger charge is 2.20. The van der Waals surface area contributed by atoms with Crippen LogP contribution >= 0.6 is 11.3 Å². The second kappa shape index (κ2) is 7.60. The summed E-state index contributed by atoms with van der Waals surface area (Å²) >= 11 is 1.47. The lowest BCUT2D eigenvalue weighted by Crippen LogP contribution is -2.23. The summed E-state index contributed by atoms with van der Waals surface area (Å²) < 4.78 is 2.00. The van der Waals surface area contributed by atoms with Gasteiger partial charge in [0.2, 0.25) is 0 Å². The molecular weight excluding hydrogens is 354 g/mol. The Labute approximate surface area is 162 Å². The fraction of sp³-hybridized carbons (Fsp3) is 0.0909. The summed E-state index contributed by atoms with van der Waals surface area (Å²) in [7, 11) is 0. The van der Waals surface area contributed by atoms with Crippen molar-refractivity contribution in [3.05, 3.63) is 94.7 Å². The highest BCUT2D eigenvalue weighted by molar-refractivity contribution is 7.13. The molecule has 0 aliphatic rings. The number of carbonyl (C=O) groups is 1. The number of thiophene rings is 1. The van der Waals surface area contributed by atoms with E-state index in [9.17, 15) is 4.79 Å². The lowest BCUT2D eigenvalue weighted by Gasteiger charge is -2.10. The molecule has 0 aliphatic heterocycles. The molecule has 134 valence electrons. The van der Waals surface area contributed by atoms with Crippen LogP contribution in [0.1, 0.15) is 20.9 Å². The first-order valence-electron chi connectivity index (χ1n) is 8.72. The van der Waals surface area contributed by atoms with Crippen molar-refractivity contribution in [3.8, 4) is 16.8 Å². The fourth-order valence-electron chi connectivity index (χ4n) is 3.02. The van der Waals surface area contributed by atoms with Crippen LogP contribution in [0.5, 0.6) is 0 Å². The van der Waals surface area contributed by atoms with E-state index in [1.807, 2.05) is 53.4 Å². The quantitative estimate of drug-likeness (QED) is 0.544. The van der Waals surface area contributed by atoms with E-state index in [0.717, 1.165) is 22.5 Å². The van der Waals surface area contributed by atoms with Gasteiger partial charge in [0.1, 0.15) is 4.88 Å². The number of aromatic nitrogens is 2. The molecule has 0 saturated carbocycles. The molecule has 0 radical (unpaired) electrons. The van der Waals surface area contributed by atoms with E-state index < -0.39 is 0 Å². The van der Waals surface area contributed by atoms with Crippen molar-refractivity contribution in [1.82, 2.24) is 14.9 Å². The maximum atomic E-state index is 12.9. The standard InChI is InChI=1S/C22H19N3OS/c1-16-7-6-8-17(13-16)19-15-27-21(20(19)25-11-4-5-12-25)22(26)24-14-18-9-2-3-10-23-18/h2-13,15H,14H2,1H3,(H,24,26). The molecule has 0 fully saturated rings. The van der Waals surface area contributed by atoms with Crippen LogP contribution in [-0.2, 0) is 6.54 Å². The molecule has 0 unspecified atom stereocenters. The minimum Gasteiger partial charge on any atom is -0.346 e. The third-order valence-corrected chi connectivity index (χ3v) is 5.29. The van der Waals surface area contributed by atoms with Crippen molar-refractivity contribution in [2.45, 2.75) is 13.5 Å². The minimum atomic E-state index is -0.0896. The third kappa shape index (κ3) is 3.68. The van der Waals surface area contributed by atoms with Crippen molar-refractivity contribution < 1.29 is 4.79 Å². The number of nitrogens with zero attached hydrogens (tertiary/aromatic N) is 2. The minimum absolute atomic E-state index is 0.0896. The summed E-state index contributed by atoms with van der Waals surface area (Å²) in [5, 5.41) is 5.04. The third-order valence-electron chi connectivity index (χ3n) is 4.32. The van der Waals surface area contributed by atoms with Gasteiger partial charge in [-0.15, -0.1) is 11.3 Å². The molecular formula is C22H19N3OS. The molecule has 1 N–H and O–H groups in total. The lowest BCUT2D eigenvalue weighted by molar-refractivity contribution is 0.0954. The smallest absolute Gasteiger partial charge is 0.263 e. The summed E-state index contributed by atoms with van der Waals surface area (Å²) in [6.07, 6.45) is 5.67. The Morgan fingerprint density at radius 2 is 1.96 bits per heavy atom. The van der Waals surface area contributed by atoms with Crippen molar-refractivity contribution in [3.63, 3.8) is 0 Å². The van der Waals surface area contributed by atoms with Crippen molar-refractivity contribution in [2.24, 2.45) is 0 Å². The summed E-state index contributed by atoms with van der Waals surface area (Å²) in [6.45, 7) is 2.48. The zero-order valence-corrected chi connectivity index (χ0v) is 15.7. The van der Waals surface area contributed by atoms with Gasteiger partial charge in [-0.05, 0) is 36.8 Å². The Hall–Kier alpha value is -3.18. The number of hydrogen-bond acceptors (Lipinski definition) is 3. The first kappa shape index (κ1) is 17.2. The molecule has 4 aromatic rings. The maximum absolute atomic E-state index is 12.9. The van der Waals surface area contributed by atoms with Gasteiger partial charge in [0.25, 0.3) is 5.91 Å². The van der Waals surface area contributed by atoms with Gasteiger partial charge in [-0.3, -0.25) is 9.78 Å². The molecule has 0 saturated heterocycles. The molecule has 0 bridgehead atoms. The average molecular weight is 373 g/mol. The molecule has 3 heterocycles. The molecule has 4 rings (SSSR count). The second-order valence-corrected chi connectivity index (χ2v) is 7.17. The molecule has 5 heteroatoms. The van der Waals surface area contributed by atoms with Crippen LogP contribution in [0.2, 0.25) is 0 Å². The zero-order valence-electron chi connectivity index (χ0n) is 14.9. The Balaban J connectivity index is 1.69. The van der Waals surface area contributed by atoms with Crippen LogP contribution in [0.4, 0.5) is 0 Å². The van der Waals surface area contributed by atoms with Gasteiger partial charge in [-0.1, -0.05) is 35.9 Å². The largest absolute Gasteiger partial charge is 0.346 e. The van der Waals surface area contributed by atoms with Crippen LogP contribution in [0.15, 0.2) is 78.6 Å². The average Bonchev–Trinajstić information content (AvgIpc) is 3.36. The molecule has 1 amide bonds. The highest BCUT2D eigenvalue weighted by atomic mass is 32.1. The molecule has 1 aromatic carbocycles. The SMILES string of the molecule is Cc1cccc(-c2csc(C(=O)NCc3ccccn3)c2-n2cccc2)c1. The van der Waals surface area contributed by atoms with Crippen molar-refractivity contribution in [1.29, 1.82) is 0 Å². The van der Waals surface area contributed by atoms with Crippen molar-refractivity contribution >= 4 is 17.2 Å².